The van der Waals surface area contributed by atoms with Crippen molar-refractivity contribution in [2.75, 3.05) is 17.2 Å². The van der Waals surface area contributed by atoms with Gasteiger partial charge in [-0.3, -0.25) is 4.79 Å². The van der Waals surface area contributed by atoms with Crippen LogP contribution >= 0.6 is 15.9 Å². The van der Waals surface area contributed by atoms with Crippen molar-refractivity contribution in [3.8, 4) is 0 Å². The lowest BCUT2D eigenvalue weighted by Crippen LogP contribution is -2.21. The van der Waals surface area contributed by atoms with Crippen molar-refractivity contribution in [3.63, 3.8) is 0 Å². The molecule has 0 fully saturated rings. The van der Waals surface area contributed by atoms with Crippen LogP contribution in [0.25, 0.3) is 0 Å². The summed E-state index contributed by atoms with van der Waals surface area (Å²) in [5, 5.41) is 5.93. The third kappa shape index (κ3) is 4.41. The van der Waals surface area contributed by atoms with Crippen LogP contribution in [0.1, 0.15) is 5.56 Å². The molecule has 0 saturated carbocycles. The van der Waals surface area contributed by atoms with Crippen molar-refractivity contribution in [1.29, 1.82) is 0 Å². The minimum Gasteiger partial charge on any atom is -0.376 e. The lowest BCUT2D eigenvalue weighted by molar-refractivity contribution is -0.114. The summed E-state index contributed by atoms with van der Waals surface area (Å²) in [6.45, 7) is 2.27. The molecule has 19 heavy (non-hydrogen) atoms. The minimum atomic E-state index is -0.0698. The molecular formula is C15H15BrN2O. The topological polar surface area (TPSA) is 41.1 Å². The second-order valence-electron chi connectivity index (χ2n) is 4.28. The number of rotatable bonds is 4. The molecule has 0 unspecified atom stereocenters. The van der Waals surface area contributed by atoms with Crippen LogP contribution in [0.5, 0.6) is 0 Å². The lowest BCUT2D eigenvalue weighted by Gasteiger charge is -2.08. The first-order valence-corrected chi connectivity index (χ1v) is 6.79. The number of carbonyl (C=O) groups excluding carboxylic acids is 1. The Bertz CT molecular complexity index is 584. The second kappa shape index (κ2) is 6.38. The fourth-order valence-corrected chi connectivity index (χ4v) is 2.11. The molecule has 0 radical (unpaired) electrons. The van der Waals surface area contributed by atoms with E-state index in [1.165, 1.54) is 0 Å². The smallest absolute Gasteiger partial charge is 0.243 e. The first kappa shape index (κ1) is 13.6. The van der Waals surface area contributed by atoms with Gasteiger partial charge in [0.1, 0.15) is 0 Å². The van der Waals surface area contributed by atoms with Gasteiger partial charge in [-0.25, -0.2) is 0 Å². The number of benzene rings is 2. The molecule has 0 saturated heterocycles. The van der Waals surface area contributed by atoms with Crippen LogP contribution in [0.4, 0.5) is 11.4 Å². The van der Waals surface area contributed by atoms with E-state index in [4.69, 9.17) is 0 Å². The van der Waals surface area contributed by atoms with Crippen molar-refractivity contribution in [3.05, 3.63) is 58.6 Å². The highest BCUT2D eigenvalue weighted by molar-refractivity contribution is 9.10. The molecule has 2 N–H and O–H groups in total. The predicted molar refractivity (Wildman–Crippen MR) is 82.4 cm³/mol. The van der Waals surface area contributed by atoms with Gasteiger partial charge in [0.15, 0.2) is 0 Å². The van der Waals surface area contributed by atoms with Gasteiger partial charge in [0.05, 0.1) is 6.54 Å². The number of hydrogen-bond donors (Lipinski definition) is 2. The SMILES string of the molecule is Cc1cccc(NCC(=O)Nc2cccc(Br)c2)c1. The van der Waals surface area contributed by atoms with Crippen LogP contribution < -0.4 is 10.6 Å². The maximum atomic E-state index is 11.8. The van der Waals surface area contributed by atoms with Crippen molar-refractivity contribution in [2.45, 2.75) is 6.92 Å². The van der Waals surface area contributed by atoms with Gasteiger partial charge in [0, 0.05) is 15.8 Å². The van der Waals surface area contributed by atoms with Gasteiger partial charge in [0.2, 0.25) is 5.91 Å². The van der Waals surface area contributed by atoms with Crippen LogP contribution in [0.15, 0.2) is 53.0 Å². The van der Waals surface area contributed by atoms with Crippen LogP contribution in [-0.2, 0) is 4.79 Å². The lowest BCUT2D eigenvalue weighted by atomic mass is 10.2. The van der Waals surface area contributed by atoms with Gasteiger partial charge in [-0.1, -0.05) is 34.1 Å². The summed E-state index contributed by atoms with van der Waals surface area (Å²) in [7, 11) is 0. The number of hydrogen-bond acceptors (Lipinski definition) is 2. The zero-order valence-corrected chi connectivity index (χ0v) is 12.2. The fraction of sp³-hybridized carbons (Fsp3) is 0.133. The molecule has 4 heteroatoms. The average molecular weight is 319 g/mol. The van der Waals surface area contributed by atoms with Crippen LogP contribution in [0, 0.1) is 6.92 Å². The van der Waals surface area contributed by atoms with E-state index in [0.717, 1.165) is 21.4 Å². The number of amides is 1. The Hall–Kier alpha value is -1.81. The first-order valence-electron chi connectivity index (χ1n) is 5.99. The Morgan fingerprint density at radius 3 is 2.58 bits per heavy atom. The van der Waals surface area contributed by atoms with E-state index < -0.39 is 0 Å². The summed E-state index contributed by atoms with van der Waals surface area (Å²) in [6, 6.07) is 15.5. The van der Waals surface area contributed by atoms with E-state index in [1.807, 2.05) is 55.5 Å². The van der Waals surface area contributed by atoms with Crippen molar-refractivity contribution in [1.82, 2.24) is 0 Å². The molecule has 2 aromatic rings. The molecule has 3 nitrogen and oxygen atoms in total. The highest BCUT2D eigenvalue weighted by atomic mass is 79.9. The number of halogens is 1. The van der Waals surface area contributed by atoms with Gasteiger partial charge < -0.3 is 10.6 Å². The Morgan fingerprint density at radius 1 is 1.11 bits per heavy atom. The van der Waals surface area contributed by atoms with Gasteiger partial charge in [-0.05, 0) is 42.8 Å². The molecule has 2 rings (SSSR count). The average Bonchev–Trinajstić information content (AvgIpc) is 2.36. The van der Waals surface area contributed by atoms with Crippen LogP contribution in [0.3, 0.4) is 0 Å². The van der Waals surface area contributed by atoms with E-state index in [9.17, 15) is 4.79 Å². The Kier molecular flexibility index (Phi) is 4.58. The molecule has 0 spiro atoms. The number of carbonyl (C=O) groups is 1. The summed E-state index contributed by atoms with van der Waals surface area (Å²) < 4.78 is 0.942. The van der Waals surface area contributed by atoms with E-state index in [-0.39, 0.29) is 12.5 Å². The summed E-state index contributed by atoms with van der Waals surface area (Å²) in [6.07, 6.45) is 0. The molecule has 0 aromatic heterocycles. The Balaban J connectivity index is 1.88. The predicted octanol–water partition coefficient (Wildman–Crippen LogP) is 3.81. The van der Waals surface area contributed by atoms with E-state index in [2.05, 4.69) is 26.6 Å². The highest BCUT2D eigenvalue weighted by Gasteiger charge is 2.02. The minimum absolute atomic E-state index is 0.0698. The second-order valence-corrected chi connectivity index (χ2v) is 5.20. The molecule has 0 aliphatic carbocycles. The van der Waals surface area contributed by atoms with Crippen molar-refractivity contribution in [2.24, 2.45) is 0 Å². The molecule has 98 valence electrons. The van der Waals surface area contributed by atoms with E-state index in [1.54, 1.807) is 0 Å². The number of nitrogens with one attached hydrogen (secondary N) is 2. The van der Waals surface area contributed by atoms with Gasteiger partial charge in [-0.2, -0.15) is 0 Å². The number of anilines is 2. The molecular weight excluding hydrogens is 304 g/mol. The summed E-state index contributed by atoms with van der Waals surface area (Å²) in [4.78, 5) is 11.8. The molecule has 0 heterocycles. The summed E-state index contributed by atoms with van der Waals surface area (Å²) in [5.74, 6) is -0.0698. The highest BCUT2D eigenvalue weighted by Crippen LogP contribution is 2.15. The standard InChI is InChI=1S/C15H15BrN2O/c1-11-4-2-6-13(8-11)17-10-15(19)18-14-7-3-5-12(16)9-14/h2-9,17H,10H2,1H3,(H,18,19). The largest absolute Gasteiger partial charge is 0.376 e. The summed E-state index contributed by atoms with van der Waals surface area (Å²) >= 11 is 3.37. The normalized spacial score (nSPS) is 10.0. The number of aryl methyl sites for hydroxylation is 1. The maximum absolute atomic E-state index is 11.8. The van der Waals surface area contributed by atoms with E-state index in [0.29, 0.717) is 0 Å². The third-order valence-electron chi connectivity index (χ3n) is 2.58. The third-order valence-corrected chi connectivity index (χ3v) is 3.07. The molecule has 0 aliphatic rings. The van der Waals surface area contributed by atoms with Crippen LogP contribution in [-0.4, -0.2) is 12.5 Å². The zero-order valence-electron chi connectivity index (χ0n) is 10.6. The van der Waals surface area contributed by atoms with Crippen molar-refractivity contribution < 1.29 is 4.79 Å². The summed E-state index contributed by atoms with van der Waals surface area (Å²) in [5.41, 5.74) is 2.90. The van der Waals surface area contributed by atoms with E-state index >= 15 is 0 Å². The molecule has 0 atom stereocenters. The van der Waals surface area contributed by atoms with Crippen molar-refractivity contribution >= 4 is 33.2 Å². The first-order chi connectivity index (χ1) is 9.13. The monoisotopic (exact) mass is 318 g/mol. The van der Waals surface area contributed by atoms with Crippen LogP contribution in [0.2, 0.25) is 0 Å². The van der Waals surface area contributed by atoms with Gasteiger partial charge in [0.25, 0.3) is 0 Å². The quantitative estimate of drug-likeness (QED) is 0.900. The molecule has 1 amide bonds. The van der Waals surface area contributed by atoms with Gasteiger partial charge >= 0.3 is 0 Å². The molecule has 0 bridgehead atoms. The molecule has 0 aliphatic heterocycles. The Labute approximate surface area is 121 Å². The maximum Gasteiger partial charge on any atom is 0.243 e. The van der Waals surface area contributed by atoms with Gasteiger partial charge in [-0.15, -0.1) is 0 Å². The Morgan fingerprint density at radius 2 is 1.84 bits per heavy atom. The fourth-order valence-electron chi connectivity index (χ4n) is 1.71. The zero-order chi connectivity index (χ0) is 13.7. The molecule has 2 aromatic carbocycles.